The van der Waals surface area contributed by atoms with Crippen molar-refractivity contribution in [2.24, 2.45) is 0 Å². The van der Waals surface area contributed by atoms with Crippen molar-refractivity contribution in [1.82, 2.24) is 4.90 Å². The summed E-state index contributed by atoms with van der Waals surface area (Å²) in [6, 6.07) is 6.51. The number of nitrogens with one attached hydrogen (secondary N) is 2. The lowest BCUT2D eigenvalue weighted by Crippen LogP contribution is -3.13. The molecule has 0 atom stereocenters. The second-order valence-corrected chi connectivity index (χ2v) is 5.55. The number of anilines is 1. The van der Waals surface area contributed by atoms with E-state index in [4.69, 9.17) is 4.42 Å². The largest absolute Gasteiger partial charge is 0.463 e. The van der Waals surface area contributed by atoms with Gasteiger partial charge in [0.15, 0.2) is 5.76 Å². The SMILES string of the molecule is O=C(Nc1ccc(F)cc1F)N1CC[NH+](Cc2ccco2)CC1. The lowest BCUT2D eigenvalue weighted by atomic mass is 10.3. The van der Waals surface area contributed by atoms with Gasteiger partial charge in [-0.15, -0.1) is 0 Å². The fraction of sp³-hybridized carbons (Fsp3) is 0.312. The molecule has 1 aliphatic heterocycles. The van der Waals surface area contributed by atoms with Gasteiger partial charge in [-0.3, -0.25) is 0 Å². The third kappa shape index (κ3) is 3.87. The molecule has 1 fully saturated rings. The van der Waals surface area contributed by atoms with Gasteiger partial charge < -0.3 is 19.5 Å². The molecule has 2 heterocycles. The van der Waals surface area contributed by atoms with Crippen LogP contribution in [-0.4, -0.2) is 37.1 Å². The quantitative estimate of drug-likeness (QED) is 0.899. The van der Waals surface area contributed by atoms with Gasteiger partial charge in [0.25, 0.3) is 0 Å². The van der Waals surface area contributed by atoms with Crippen molar-refractivity contribution < 1.29 is 22.9 Å². The van der Waals surface area contributed by atoms with Crippen molar-refractivity contribution in [1.29, 1.82) is 0 Å². The van der Waals surface area contributed by atoms with E-state index in [9.17, 15) is 13.6 Å². The number of halogens is 2. The van der Waals surface area contributed by atoms with Crippen LogP contribution >= 0.6 is 0 Å². The summed E-state index contributed by atoms with van der Waals surface area (Å²) >= 11 is 0. The van der Waals surface area contributed by atoms with Crippen LogP contribution < -0.4 is 10.2 Å². The van der Waals surface area contributed by atoms with Gasteiger partial charge in [0, 0.05) is 6.07 Å². The summed E-state index contributed by atoms with van der Waals surface area (Å²) in [4.78, 5) is 15.1. The van der Waals surface area contributed by atoms with Crippen molar-refractivity contribution >= 4 is 11.7 Å². The van der Waals surface area contributed by atoms with Crippen LogP contribution in [0.4, 0.5) is 19.3 Å². The van der Waals surface area contributed by atoms with Gasteiger partial charge in [0.1, 0.15) is 18.2 Å². The number of hydrogen-bond donors (Lipinski definition) is 2. The number of urea groups is 1. The number of carbonyl (C=O) groups is 1. The molecule has 1 aromatic carbocycles. The van der Waals surface area contributed by atoms with Crippen molar-refractivity contribution in [3.63, 3.8) is 0 Å². The fourth-order valence-corrected chi connectivity index (χ4v) is 2.65. The van der Waals surface area contributed by atoms with E-state index in [-0.39, 0.29) is 11.7 Å². The highest BCUT2D eigenvalue weighted by molar-refractivity contribution is 5.89. The van der Waals surface area contributed by atoms with Crippen LogP contribution in [0.25, 0.3) is 0 Å². The van der Waals surface area contributed by atoms with Crippen LogP contribution in [0.3, 0.4) is 0 Å². The van der Waals surface area contributed by atoms with E-state index in [1.807, 2.05) is 12.1 Å². The van der Waals surface area contributed by atoms with Crippen molar-refractivity contribution in [3.05, 3.63) is 54.0 Å². The molecule has 0 aliphatic carbocycles. The lowest BCUT2D eigenvalue weighted by Gasteiger charge is -2.31. The predicted molar refractivity (Wildman–Crippen MR) is 80.1 cm³/mol. The first-order chi connectivity index (χ1) is 11.1. The minimum Gasteiger partial charge on any atom is -0.463 e. The molecule has 122 valence electrons. The molecule has 0 bridgehead atoms. The Labute approximate surface area is 132 Å². The molecule has 1 aliphatic rings. The van der Waals surface area contributed by atoms with E-state index in [1.54, 1.807) is 11.2 Å². The number of carbonyl (C=O) groups excluding carboxylic acids is 1. The van der Waals surface area contributed by atoms with Gasteiger partial charge in [-0.25, -0.2) is 13.6 Å². The maximum atomic E-state index is 13.6. The fourth-order valence-electron chi connectivity index (χ4n) is 2.65. The minimum atomic E-state index is -0.777. The van der Waals surface area contributed by atoms with Crippen molar-refractivity contribution in [2.75, 3.05) is 31.5 Å². The summed E-state index contributed by atoms with van der Waals surface area (Å²) < 4.78 is 31.8. The van der Waals surface area contributed by atoms with Gasteiger partial charge in [-0.05, 0) is 24.3 Å². The predicted octanol–water partition coefficient (Wildman–Crippen LogP) is 1.49. The number of nitrogens with zero attached hydrogens (tertiary/aromatic N) is 1. The molecule has 0 unspecified atom stereocenters. The van der Waals surface area contributed by atoms with Crippen LogP contribution in [0.1, 0.15) is 5.76 Å². The number of amides is 2. The minimum absolute atomic E-state index is 0.0123. The normalized spacial score (nSPS) is 15.7. The second kappa shape index (κ2) is 6.78. The van der Waals surface area contributed by atoms with Crippen LogP contribution in [0, 0.1) is 11.6 Å². The molecule has 2 amide bonds. The monoisotopic (exact) mass is 322 g/mol. The number of benzene rings is 1. The van der Waals surface area contributed by atoms with Gasteiger partial charge in [-0.2, -0.15) is 0 Å². The molecule has 1 saturated heterocycles. The molecule has 0 saturated carbocycles. The number of hydrogen-bond acceptors (Lipinski definition) is 2. The van der Waals surface area contributed by atoms with Crippen molar-refractivity contribution in [2.45, 2.75) is 6.54 Å². The number of rotatable bonds is 3. The summed E-state index contributed by atoms with van der Waals surface area (Å²) in [6.07, 6.45) is 1.65. The molecule has 1 aromatic heterocycles. The first kappa shape index (κ1) is 15.5. The summed E-state index contributed by atoms with van der Waals surface area (Å²) in [7, 11) is 0. The molecule has 5 nitrogen and oxygen atoms in total. The number of furan rings is 1. The Morgan fingerprint density at radius 3 is 2.70 bits per heavy atom. The number of quaternary nitrogens is 1. The third-order valence-corrected chi connectivity index (χ3v) is 3.93. The van der Waals surface area contributed by atoms with Gasteiger partial charge in [0.05, 0.1) is 38.1 Å². The van der Waals surface area contributed by atoms with Crippen LogP contribution in [0.2, 0.25) is 0 Å². The second-order valence-electron chi connectivity index (χ2n) is 5.55. The summed E-state index contributed by atoms with van der Waals surface area (Å²) in [6.45, 7) is 3.52. The molecule has 2 aromatic rings. The number of piperazine rings is 1. The molecular weight excluding hydrogens is 304 g/mol. The Morgan fingerprint density at radius 2 is 2.04 bits per heavy atom. The van der Waals surface area contributed by atoms with E-state index >= 15 is 0 Å². The highest BCUT2D eigenvalue weighted by atomic mass is 19.1. The first-order valence-corrected chi connectivity index (χ1v) is 7.49. The molecule has 2 N–H and O–H groups in total. The highest BCUT2D eigenvalue weighted by Crippen LogP contribution is 2.15. The maximum Gasteiger partial charge on any atom is 0.322 e. The molecule has 3 rings (SSSR count). The Bertz CT molecular complexity index is 668. The molecule has 0 spiro atoms. The highest BCUT2D eigenvalue weighted by Gasteiger charge is 2.24. The average molecular weight is 322 g/mol. The van der Waals surface area contributed by atoms with Crippen LogP contribution in [0.15, 0.2) is 41.0 Å². The van der Waals surface area contributed by atoms with Gasteiger partial charge >= 0.3 is 6.03 Å². The Kier molecular flexibility index (Phi) is 4.57. The van der Waals surface area contributed by atoms with Crippen LogP contribution in [0.5, 0.6) is 0 Å². The van der Waals surface area contributed by atoms with Gasteiger partial charge in [0.2, 0.25) is 0 Å². The third-order valence-electron chi connectivity index (χ3n) is 3.93. The van der Waals surface area contributed by atoms with Crippen molar-refractivity contribution in [3.8, 4) is 0 Å². The standard InChI is InChI=1S/C16H17F2N3O2/c17-12-3-4-15(14(18)10-12)19-16(22)21-7-5-20(6-8-21)11-13-2-1-9-23-13/h1-4,9-10H,5-8,11H2,(H,19,22)/p+1. The summed E-state index contributed by atoms with van der Waals surface area (Å²) in [5, 5.41) is 2.49. The average Bonchev–Trinajstić information content (AvgIpc) is 3.04. The van der Waals surface area contributed by atoms with Gasteiger partial charge in [-0.1, -0.05) is 0 Å². The topological polar surface area (TPSA) is 49.9 Å². The Morgan fingerprint density at radius 1 is 1.26 bits per heavy atom. The first-order valence-electron chi connectivity index (χ1n) is 7.49. The van der Waals surface area contributed by atoms with Crippen LogP contribution in [-0.2, 0) is 6.54 Å². The zero-order valence-electron chi connectivity index (χ0n) is 12.5. The van der Waals surface area contributed by atoms with E-state index < -0.39 is 11.6 Å². The molecule has 0 radical (unpaired) electrons. The molecule has 23 heavy (non-hydrogen) atoms. The molecule has 7 heteroatoms. The van der Waals surface area contributed by atoms with E-state index in [2.05, 4.69) is 5.32 Å². The zero-order chi connectivity index (χ0) is 16.2. The van der Waals surface area contributed by atoms with E-state index in [0.717, 1.165) is 37.5 Å². The van der Waals surface area contributed by atoms with E-state index in [0.29, 0.717) is 13.1 Å². The lowest BCUT2D eigenvalue weighted by molar-refractivity contribution is -0.918. The maximum absolute atomic E-state index is 13.6. The summed E-state index contributed by atoms with van der Waals surface area (Å²) in [5.74, 6) is -0.526. The molecular formula is C16H18F2N3O2+. The Hall–Kier alpha value is -2.41. The summed E-state index contributed by atoms with van der Waals surface area (Å²) in [5.41, 5.74) is -0.0123. The Balaban J connectivity index is 1.51. The smallest absolute Gasteiger partial charge is 0.322 e. The van der Waals surface area contributed by atoms with E-state index in [1.165, 1.54) is 11.0 Å². The zero-order valence-corrected chi connectivity index (χ0v) is 12.5.